The van der Waals surface area contributed by atoms with Crippen molar-refractivity contribution in [2.45, 2.75) is 51.6 Å². The van der Waals surface area contributed by atoms with Crippen LogP contribution in [0.4, 0.5) is 0 Å². The first kappa shape index (κ1) is 21.9. The number of ether oxygens (including phenoxy) is 1. The summed E-state index contributed by atoms with van der Waals surface area (Å²) in [6.07, 6.45) is 3.52. The highest BCUT2D eigenvalue weighted by Gasteiger charge is 2.41. The molecule has 1 fully saturated rings. The van der Waals surface area contributed by atoms with Crippen LogP contribution in [0.3, 0.4) is 0 Å². The van der Waals surface area contributed by atoms with Crippen LogP contribution in [0, 0.1) is 0 Å². The highest BCUT2D eigenvalue weighted by atomic mass is 35.5. The summed E-state index contributed by atoms with van der Waals surface area (Å²) in [5, 5.41) is 8.13. The maximum absolute atomic E-state index is 12.6. The molecule has 1 aromatic heterocycles. The van der Waals surface area contributed by atoms with Gasteiger partial charge < -0.3 is 14.6 Å². The van der Waals surface area contributed by atoms with Gasteiger partial charge in [-0.2, -0.15) is 4.98 Å². The number of nitrogens with zero attached hydrogens (tertiary/aromatic N) is 3. The van der Waals surface area contributed by atoms with E-state index in [0.717, 1.165) is 38.8 Å². The van der Waals surface area contributed by atoms with Crippen molar-refractivity contribution in [3.63, 3.8) is 0 Å². The van der Waals surface area contributed by atoms with Gasteiger partial charge in [-0.3, -0.25) is 9.69 Å². The highest BCUT2D eigenvalue weighted by molar-refractivity contribution is 6.35. The highest BCUT2D eigenvalue weighted by Crippen LogP contribution is 2.37. The van der Waals surface area contributed by atoms with Crippen molar-refractivity contribution in [1.82, 2.24) is 20.4 Å². The molecule has 0 spiro atoms. The van der Waals surface area contributed by atoms with E-state index in [1.807, 2.05) is 0 Å². The minimum Gasteiger partial charge on any atom is -0.482 e. The summed E-state index contributed by atoms with van der Waals surface area (Å²) in [6.45, 7) is 6.43. The molecule has 0 bridgehead atoms. The second-order valence-corrected chi connectivity index (χ2v) is 8.02. The van der Waals surface area contributed by atoms with Crippen LogP contribution in [0.15, 0.2) is 22.7 Å². The van der Waals surface area contributed by atoms with Crippen molar-refractivity contribution in [3.8, 4) is 5.75 Å². The summed E-state index contributed by atoms with van der Waals surface area (Å²) >= 11 is 12.0. The summed E-state index contributed by atoms with van der Waals surface area (Å²) in [7, 11) is 0. The lowest BCUT2D eigenvalue weighted by molar-refractivity contribution is -0.125. The van der Waals surface area contributed by atoms with Crippen LogP contribution in [0.25, 0.3) is 0 Å². The topological polar surface area (TPSA) is 80.5 Å². The molecule has 0 unspecified atom stereocenters. The van der Waals surface area contributed by atoms with Crippen LogP contribution in [-0.2, 0) is 16.9 Å². The number of carbonyl (C=O) groups excluding carboxylic acids is 1. The van der Waals surface area contributed by atoms with Gasteiger partial charge in [0.15, 0.2) is 12.4 Å². The minimum absolute atomic E-state index is 0.159. The van der Waals surface area contributed by atoms with Gasteiger partial charge in [-0.05, 0) is 44.1 Å². The second-order valence-electron chi connectivity index (χ2n) is 7.17. The Morgan fingerprint density at radius 1 is 1.28 bits per heavy atom. The molecule has 7 nitrogen and oxygen atoms in total. The van der Waals surface area contributed by atoms with Gasteiger partial charge >= 0.3 is 0 Å². The number of hydrogen-bond acceptors (Lipinski definition) is 6. The van der Waals surface area contributed by atoms with E-state index in [1.54, 1.807) is 18.2 Å². The zero-order valence-electron chi connectivity index (χ0n) is 16.7. The molecular formula is C20H26Cl2N4O3. The zero-order chi connectivity index (χ0) is 20.9. The maximum Gasteiger partial charge on any atom is 0.258 e. The largest absolute Gasteiger partial charge is 0.482 e. The Bertz CT molecular complexity index is 833. The van der Waals surface area contributed by atoms with Gasteiger partial charge in [-0.1, -0.05) is 55.0 Å². The summed E-state index contributed by atoms with van der Waals surface area (Å²) in [5.41, 5.74) is -0.616. The Balaban J connectivity index is 1.66. The Hall–Kier alpha value is -1.83. The summed E-state index contributed by atoms with van der Waals surface area (Å²) in [5.74, 6) is 1.25. The monoisotopic (exact) mass is 440 g/mol. The fourth-order valence-corrected chi connectivity index (χ4v) is 4.04. The normalized spacial score (nSPS) is 15.6. The molecule has 0 saturated heterocycles. The Morgan fingerprint density at radius 3 is 2.66 bits per heavy atom. The first-order valence-electron chi connectivity index (χ1n) is 9.90. The van der Waals surface area contributed by atoms with E-state index in [0.29, 0.717) is 34.1 Å². The molecule has 1 saturated carbocycles. The number of aromatic nitrogens is 2. The van der Waals surface area contributed by atoms with Crippen LogP contribution < -0.4 is 10.1 Å². The number of benzene rings is 1. The lowest BCUT2D eigenvalue weighted by Crippen LogP contribution is -2.46. The minimum atomic E-state index is -0.616. The molecule has 0 radical (unpaired) electrons. The van der Waals surface area contributed by atoms with E-state index < -0.39 is 5.54 Å². The predicted molar refractivity (Wildman–Crippen MR) is 111 cm³/mol. The van der Waals surface area contributed by atoms with E-state index >= 15 is 0 Å². The van der Waals surface area contributed by atoms with Gasteiger partial charge in [0.2, 0.25) is 5.89 Å². The molecule has 1 amide bonds. The fourth-order valence-electron chi connectivity index (χ4n) is 3.57. The van der Waals surface area contributed by atoms with E-state index in [1.165, 1.54) is 0 Å². The lowest BCUT2D eigenvalue weighted by atomic mass is 9.96. The smallest absolute Gasteiger partial charge is 0.258 e. The number of halogens is 2. The molecule has 1 aliphatic carbocycles. The van der Waals surface area contributed by atoms with Crippen molar-refractivity contribution >= 4 is 29.1 Å². The molecule has 158 valence electrons. The van der Waals surface area contributed by atoms with Crippen LogP contribution in [0.5, 0.6) is 5.75 Å². The van der Waals surface area contributed by atoms with Crippen LogP contribution in [-0.4, -0.2) is 40.6 Å². The molecule has 9 heteroatoms. The van der Waals surface area contributed by atoms with Crippen molar-refractivity contribution in [3.05, 3.63) is 40.0 Å². The molecule has 1 aromatic carbocycles. The zero-order valence-corrected chi connectivity index (χ0v) is 18.2. The van der Waals surface area contributed by atoms with Crippen LogP contribution >= 0.6 is 23.2 Å². The molecule has 1 aliphatic rings. The fraction of sp³-hybridized carbons (Fsp3) is 0.550. The first-order chi connectivity index (χ1) is 14.0. The number of amides is 1. The SMILES string of the molecule is CCN(CC)Cc1nc(C2(NC(=O)COc3ccc(Cl)cc3Cl)CCCC2)no1. The Kier molecular flexibility index (Phi) is 7.38. The van der Waals surface area contributed by atoms with Gasteiger partial charge in [-0.15, -0.1) is 0 Å². The van der Waals surface area contributed by atoms with Gasteiger partial charge in [-0.25, -0.2) is 0 Å². The predicted octanol–water partition coefficient (Wildman–Crippen LogP) is 4.18. The third kappa shape index (κ3) is 5.41. The average molecular weight is 441 g/mol. The molecular weight excluding hydrogens is 415 g/mol. The van der Waals surface area contributed by atoms with Crippen molar-refractivity contribution < 1.29 is 14.1 Å². The molecule has 2 aromatic rings. The van der Waals surface area contributed by atoms with E-state index in [-0.39, 0.29) is 12.5 Å². The average Bonchev–Trinajstić information content (AvgIpc) is 3.36. The van der Waals surface area contributed by atoms with E-state index in [4.69, 9.17) is 32.5 Å². The van der Waals surface area contributed by atoms with Crippen molar-refractivity contribution in [2.24, 2.45) is 0 Å². The van der Waals surface area contributed by atoms with Crippen molar-refractivity contribution in [2.75, 3.05) is 19.7 Å². The number of rotatable bonds is 9. The molecule has 1 heterocycles. The van der Waals surface area contributed by atoms with Gasteiger partial charge in [0.05, 0.1) is 11.6 Å². The third-order valence-corrected chi connectivity index (χ3v) is 5.77. The molecule has 0 atom stereocenters. The maximum atomic E-state index is 12.6. The second kappa shape index (κ2) is 9.78. The quantitative estimate of drug-likeness (QED) is 0.629. The summed E-state index contributed by atoms with van der Waals surface area (Å²) < 4.78 is 11.0. The number of carbonyl (C=O) groups is 1. The van der Waals surface area contributed by atoms with E-state index in [2.05, 4.69) is 34.2 Å². The van der Waals surface area contributed by atoms with Gasteiger partial charge in [0.25, 0.3) is 5.91 Å². The number of hydrogen-bond donors (Lipinski definition) is 1. The molecule has 1 N–H and O–H groups in total. The lowest BCUT2D eigenvalue weighted by Gasteiger charge is -2.26. The first-order valence-corrected chi connectivity index (χ1v) is 10.7. The van der Waals surface area contributed by atoms with Gasteiger partial charge in [0, 0.05) is 5.02 Å². The van der Waals surface area contributed by atoms with E-state index in [9.17, 15) is 4.79 Å². The van der Waals surface area contributed by atoms with Crippen LogP contribution in [0.2, 0.25) is 10.0 Å². The Morgan fingerprint density at radius 2 is 2.00 bits per heavy atom. The molecule has 0 aliphatic heterocycles. The molecule has 29 heavy (non-hydrogen) atoms. The summed E-state index contributed by atoms with van der Waals surface area (Å²) in [4.78, 5) is 19.4. The third-order valence-electron chi connectivity index (χ3n) is 5.24. The Labute approximate surface area is 180 Å². The van der Waals surface area contributed by atoms with Crippen molar-refractivity contribution in [1.29, 1.82) is 0 Å². The number of nitrogens with one attached hydrogen (secondary N) is 1. The standard InChI is InChI=1S/C20H26Cl2N4O3/c1-3-26(4-2)12-18-23-19(25-29-18)20(9-5-6-10-20)24-17(27)13-28-16-8-7-14(21)11-15(16)22/h7-8,11H,3-6,9-10,12-13H2,1-2H3,(H,24,27). The molecule has 3 rings (SSSR count). The van der Waals surface area contributed by atoms with Gasteiger partial charge in [0.1, 0.15) is 11.3 Å². The summed E-state index contributed by atoms with van der Waals surface area (Å²) in [6, 6.07) is 4.88. The van der Waals surface area contributed by atoms with Crippen LogP contribution in [0.1, 0.15) is 51.2 Å².